The van der Waals surface area contributed by atoms with Gasteiger partial charge in [-0.1, -0.05) is 30.3 Å². The molecule has 0 saturated heterocycles. The number of ketones is 1. The second kappa shape index (κ2) is 9.05. The number of hydrazine groups is 1. The van der Waals surface area contributed by atoms with Gasteiger partial charge in [-0.3, -0.25) is 34.5 Å². The van der Waals surface area contributed by atoms with Crippen molar-refractivity contribution in [2.45, 2.75) is 6.42 Å². The molecular formula is C15H16N4O6. The van der Waals surface area contributed by atoms with E-state index in [0.29, 0.717) is 0 Å². The van der Waals surface area contributed by atoms with Crippen LogP contribution in [0.1, 0.15) is 16.8 Å². The van der Waals surface area contributed by atoms with Crippen LogP contribution < -0.4 is 16.9 Å². The topological polar surface area (TPSA) is 173 Å². The first-order chi connectivity index (χ1) is 11.7. The summed E-state index contributed by atoms with van der Waals surface area (Å²) in [5, 5.41) is 10.7. The number of amides is 4. The summed E-state index contributed by atoms with van der Waals surface area (Å²) in [6.45, 7) is 0. The first-order valence-corrected chi connectivity index (χ1v) is 6.90. The number of carbonyl (C=O) groups is 5. The number of nitrogens with one attached hydrogen (secondary N) is 1. The summed E-state index contributed by atoms with van der Waals surface area (Å²) in [5.74, 6) is 0.253. The van der Waals surface area contributed by atoms with E-state index in [9.17, 15) is 24.0 Å². The summed E-state index contributed by atoms with van der Waals surface area (Å²) in [7, 11) is 0. The zero-order chi connectivity index (χ0) is 19.0. The fraction of sp³-hybridized carbons (Fsp3) is 0.133. The van der Waals surface area contributed by atoms with Crippen molar-refractivity contribution in [1.82, 2.24) is 10.5 Å². The van der Waals surface area contributed by atoms with Crippen LogP contribution in [0.25, 0.3) is 0 Å². The fourth-order valence-corrected chi connectivity index (χ4v) is 1.81. The molecule has 0 spiro atoms. The van der Waals surface area contributed by atoms with Crippen molar-refractivity contribution in [2.24, 2.45) is 17.5 Å². The minimum atomic E-state index is -1.42. The van der Waals surface area contributed by atoms with E-state index in [2.05, 4.69) is 0 Å². The predicted molar refractivity (Wildman–Crippen MR) is 83.2 cm³/mol. The summed E-state index contributed by atoms with van der Waals surface area (Å²) in [6.07, 6.45) is 1.88. The van der Waals surface area contributed by atoms with E-state index in [-0.39, 0.29) is 22.6 Å². The maximum absolute atomic E-state index is 12.0. The number of hydrogen-bond acceptors (Lipinski definition) is 7. The second-order valence-corrected chi connectivity index (χ2v) is 4.82. The van der Waals surface area contributed by atoms with E-state index in [4.69, 9.17) is 16.8 Å². The summed E-state index contributed by atoms with van der Waals surface area (Å²) in [6, 6.07) is 7.89. The Morgan fingerprint density at radius 3 is 1.96 bits per heavy atom. The Morgan fingerprint density at radius 2 is 1.60 bits per heavy atom. The highest BCUT2D eigenvalue weighted by Crippen LogP contribution is 2.14. The zero-order valence-electron chi connectivity index (χ0n) is 12.9. The van der Waals surface area contributed by atoms with Crippen LogP contribution in [0.15, 0.2) is 42.5 Å². The van der Waals surface area contributed by atoms with E-state index in [0.717, 1.165) is 0 Å². The zero-order valence-corrected chi connectivity index (χ0v) is 12.9. The first-order valence-electron chi connectivity index (χ1n) is 6.90. The molecule has 0 radical (unpaired) electrons. The summed E-state index contributed by atoms with van der Waals surface area (Å²) < 4.78 is 0. The molecule has 6 N–H and O–H groups in total. The number of rotatable bonds is 5. The predicted octanol–water partition coefficient (Wildman–Crippen LogP) is -1.35. The lowest BCUT2D eigenvalue weighted by molar-refractivity contribution is -0.170. The second-order valence-electron chi connectivity index (χ2n) is 4.82. The van der Waals surface area contributed by atoms with Crippen molar-refractivity contribution >= 4 is 29.4 Å². The Bertz CT molecular complexity index is 698. The molecule has 0 saturated carbocycles. The number of imide groups is 1. The summed E-state index contributed by atoms with van der Waals surface area (Å²) in [4.78, 5) is 54.4. The summed E-state index contributed by atoms with van der Waals surface area (Å²) >= 11 is 0. The third kappa shape index (κ3) is 6.33. The van der Waals surface area contributed by atoms with Crippen LogP contribution in [0.4, 0.5) is 0 Å². The largest absolute Gasteiger partial charge is 0.370 e. The Labute approximate surface area is 142 Å². The van der Waals surface area contributed by atoms with Gasteiger partial charge in [0.25, 0.3) is 17.7 Å². The van der Waals surface area contributed by atoms with Gasteiger partial charge in [0.1, 0.15) is 5.92 Å². The Hall–Kier alpha value is -3.37. The molecule has 0 aliphatic carbocycles. The van der Waals surface area contributed by atoms with Gasteiger partial charge in [-0.2, -0.15) is 5.17 Å². The van der Waals surface area contributed by atoms with Crippen LogP contribution in [0.3, 0.4) is 0 Å². The van der Waals surface area contributed by atoms with Gasteiger partial charge in [0.2, 0.25) is 5.91 Å². The number of nitrogens with two attached hydrogens (primary N) is 2. The van der Waals surface area contributed by atoms with Crippen molar-refractivity contribution in [3.05, 3.63) is 48.0 Å². The van der Waals surface area contributed by atoms with Gasteiger partial charge in [-0.15, -0.1) is 0 Å². The number of carbonyl (C=O) groups excluding carboxylic acids is 5. The molecule has 0 aromatic heterocycles. The van der Waals surface area contributed by atoms with E-state index in [1.807, 2.05) is 5.32 Å². The first kappa shape index (κ1) is 19.7. The monoisotopic (exact) mass is 348 g/mol. The van der Waals surface area contributed by atoms with Crippen LogP contribution in [0.2, 0.25) is 0 Å². The fourth-order valence-electron chi connectivity index (χ4n) is 1.81. The molecule has 4 amide bonds. The highest BCUT2D eigenvalue weighted by Gasteiger charge is 2.31. The molecule has 0 fully saturated rings. The highest BCUT2D eigenvalue weighted by molar-refractivity contribution is 6.13. The van der Waals surface area contributed by atoms with Crippen LogP contribution in [0.5, 0.6) is 0 Å². The third-order valence-electron chi connectivity index (χ3n) is 2.94. The van der Waals surface area contributed by atoms with Crippen molar-refractivity contribution in [1.29, 1.82) is 0 Å². The molecule has 1 aromatic carbocycles. The van der Waals surface area contributed by atoms with Crippen LogP contribution in [0, 0.1) is 5.92 Å². The number of nitrogens with zero attached hydrogens (tertiary/aromatic N) is 1. The number of Topliss-reactive ketones (excluding diaryl/α,β-unsaturated/α-hetero) is 1. The number of hydrogen-bond donors (Lipinski definition) is 4. The molecule has 10 nitrogen and oxygen atoms in total. The van der Waals surface area contributed by atoms with E-state index < -0.39 is 29.9 Å². The molecule has 1 aliphatic heterocycles. The number of benzene rings is 1. The van der Waals surface area contributed by atoms with Gasteiger partial charge in [0.15, 0.2) is 5.78 Å². The molecule has 132 valence electrons. The lowest BCUT2D eigenvalue weighted by Gasteiger charge is -2.16. The van der Waals surface area contributed by atoms with E-state index >= 15 is 0 Å². The SMILES string of the molecule is NC(=O)CC(C(=O)c1ccccc1)C(=O)N(N)O.O=C1C=CC(=O)N1. The Kier molecular flexibility index (Phi) is 7.13. The molecule has 1 heterocycles. The molecule has 2 rings (SSSR count). The normalized spacial score (nSPS) is 13.4. The van der Waals surface area contributed by atoms with Crippen molar-refractivity contribution < 1.29 is 29.2 Å². The van der Waals surface area contributed by atoms with E-state index in [1.54, 1.807) is 18.2 Å². The maximum atomic E-state index is 12.0. The Balaban J connectivity index is 0.000000370. The minimum Gasteiger partial charge on any atom is -0.370 e. The standard InChI is InChI=1S/C11H13N3O4.C4H3NO2/c12-9(15)6-8(11(17)14(13)18)10(16)7-4-2-1-3-5-7;6-3-1-2-4(7)5-3/h1-5,8,18H,6,13H2,(H2,12,15);1-2H,(H,5,6,7). The average Bonchev–Trinajstić information content (AvgIpc) is 2.95. The lowest BCUT2D eigenvalue weighted by Crippen LogP contribution is -2.43. The number of hydroxylamine groups is 1. The third-order valence-corrected chi connectivity index (χ3v) is 2.94. The van der Waals surface area contributed by atoms with Gasteiger partial charge >= 0.3 is 0 Å². The van der Waals surface area contributed by atoms with Crippen LogP contribution >= 0.6 is 0 Å². The average molecular weight is 348 g/mol. The lowest BCUT2D eigenvalue weighted by atomic mass is 9.93. The van der Waals surface area contributed by atoms with Gasteiger partial charge in [-0.25, -0.2) is 5.84 Å². The van der Waals surface area contributed by atoms with Gasteiger partial charge < -0.3 is 5.73 Å². The van der Waals surface area contributed by atoms with Crippen molar-refractivity contribution in [3.8, 4) is 0 Å². The minimum absolute atomic E-state index is 0.214. The molecule has 0 bridgehead atoms. The Morgan fingerprint density at radius 1 is 1.08 bits per heavy atom. The number of primary amides is 1. The van der Waals surface area contributed by atoms with Gasteiger partial charge in [0.05, 0.1) is 0 Å². The van der Waals surface area contributed by atoms with Crippen LogP contribution in [-0.2, 0) is 19.2 Å². The molecule has 25 heavy (non-hydrogen) atoms. The molecule has 1 atom stereocenters. The molecule has 1 aromatic rings. The molecular weight excluding hydrogens is 332 g/mol. The quantitative estimate of drug-likeness (QED) is 0.0968. The van der Waals surface area contributed by atoms with E-state index in [1.165, 1.54) is 24.3 Å². The molecule has 1 aliphatic rings. The smallest absolute Gasteiger partial charge is 0.272 e. The molecule has 1 unspecified atom stereocenters. The van der Waals surface area contributed by atoms with Crippen LogP contribution in [-0.4, -0.2) is 39.8 Å². The van der Waals surface area contributed by atoms with Crippen molar-refractivity contribution in [3.63, 3.8) is 0 Å². The molecule has 10 heteroatoms. The van der Waals surface area contributed by atoms with Crippen molar-refractivity contribution in [2.75, 3.05) is 0 Å². The summed E-state index contributed by atoms with van der Waals surface area (Å²) in [5.41, 5.74) is 5.20. The highest BCUT2D eigenvalue weighted by atomic mass is 16.5. The van der Waals surface area contributed by atoms with Gasteiger partial charge in [0, 0.05) is 24.1 Å². The van der Waals surface area contributed by atoms with Gasteiger partial charge in [-0.05, 0) is 0 Å². The maximum Gasteiger partial charge on any atom is 0.272 e.